The van der Waals surface area contributed by atoms with Crippen molar-refractivity contribution in [2.24, 2.45) is 0 Å². The zero-order valence-electron chi connectivity index (χ0n) is 5.96. The van der Waals surface area contributed by atoms with Gasteiger partial charge in [-0.15, -0.1) is 0 Å². The average molecular weight is 240 g/mol. The van der Waals surface area contributed by atoms with Crippen LogP contribution in [0.3, 0.4) is 0 Å². The van der Waals surface area contributed by atoms with Crippen molar-refractivity contribution in [2.75, 3.05) is 0 Å². The standard InChI is InChI=1S/C6H13ISi/c1-6(7)5-8(2,3)4/h5H,1-4H3/b6-5+. The third-order valence-corrected chi connectivity index (χ3v) is 2.83. The van der Waals surface area contributed by atoms with E-state index in [2.05, 4.69) is 54.9 Å². The summed E-state index contributed by atoms with van der Waals surface area (Å²) in [5.41, 5.74) is 2.40. The number of hydrogen-bond acceptors (Lipinski definition) is 0. The van der Waals surface area contributed by atoms with E-state index in [-0.39, 0.29) is 0 Å². The van der Waals surface area contributed by atoms with Crippen LogP contribution in [0.1, 0.15) is 6.92 Å². The highest BCUT2D eigenvalue weighted by molar-refractivity contribution is 14.1. The van der Waals surface area contributed by atoms with Crippen molar-refractivity contribution in [1.29, 1.82) is 0 Å². The summed E-state index contributed by atoms with van der Waals surface area (Å²) >= 11 is 2.36. The van der Waals surface area contributed by atoms with Gasteiger partial charge in [-0.3, -0.25) is 0 Å². The van der Waals surface area contributed by atoms with Crippen LogP contribution in [-0.2, 0) is 0 Å². The lowest BCUT2D eigenvalue weighted by Gasteiger charge is -2.08. The fourth-order valence-electron chi connectivity index (χ4n) is 0.597. The highest BCUT2D eigenvalue weighted by atomic mass is 127. The van der Waals surface area contributed by atoms with E-state index in [9.17, 15) is 0 Å². The fourth-order valence-corrected chi connectivity index (χ4v) is 4.59. The van der Waals surface area contributed by atoms with E-state index in [1.54, 1.807) is 0 Å². The van der Waals surface area contributed by atoms with Crippen molar-refractivity contribution in [3.63, 3.8) is 0 Å². The van der Waals surface area contributed by atoms with Gasteiger partial charge in [-0.1, -0.05) is 47.9 Å². The lowest BCUT2D eigenvalue weighted by molar-refractivity contribution is 1.68. The summed E-state index contributed by atoms with van der Waals surface area (Å²) in [6.45, 7) is 9.18. The number of rotatable bonds is 1. The Hall–Kier alpha value is 0.687. The highest BCUT2D eigenvalue weighted by Gasteiger charge is 2.07. The normalized spacial score (nSPS) is 14.4. The monoisotopic (exact) mass is 240 g/mol. The molecule has 0 radical (unpaired) electrons. The Morgan fingerprint density at radius 1 is 1.38 bits per heavy atom. The third-order valence-electron chi connectivity index (χ3n) is 0.632. The van der Waals surface area contributed by atoms with Gasteiger partial charge in [0.25, 0.3) is 0 Å². The highest BCUT2D eigenvalue weighted by Crippen LogP contribution is 2.10. The topological polar surface area (TPSA) is 0 Å². The SMILES string of the molecule is C/C(I)=C\[Si](C)(C)C. The van der Waals surface area contributed by atoms with Crippen LogP contribution in [0.4, 0.5) is 0 Å². The summed E-state index contributed by atoms with van der Waals surface area (Å²) in [5, 5.41) is 0. The van der Waals surface area contributed by atoms with Crippen molar-refractivity contribution in [1.82, 2.24) is 0 Å². The maximum Gasteiger partial charge on any atom is 0.0696 e. The summed E-state index contributed by atoms with van der Waals surface area (Å²) in [4.78, 5) is 0. The van der Waals surface area contributed by atoms with Crippen LogP contribution in [0, 0.1) is 0 Å². The predicted octanol–water partition coefficient (Wildman–Crippen LogP) is 3.20. The molecule has 0 bridgehead atoms. The molecule has 0 fully saturated rings. The number of hydrogen-bond donors (Lipinski definition) is 0. The summed E-state index contributed by atoms with van der Waals surface area (Å²) < 4.78 is 1.43. The Balaban J connectivity index is 3.89. The van der Waals surface area contributed by atoms with E-state index >= 15 is 0 Å². The van der Waals surface area contributed by atoms with E-state index < -0.39 is 8.07 Å². The fraction of sp³-hybridized carbons (Fsp3) is 0.667. The van der Waals surface area contributed by atoms with Crippen LogP contribution in [0.25, 0.3) is 0 Å². The molecule has 0 N–H and O–H groups in total. The Bertz CT molecular complexity index is 95.6. The van der Waals surface area contributed by atoms with Crippen LogP contribution < -0.4 is 0 Å². The molecule has 0 unspecified atom stereocenters. The van der Waals surface area contributed by atoms with Crippen LogP contribution in [0.15, 0.2) is 9.28 Å². The Morgan fingerprint density at radius 3 is 1.75 bits per heavy atom. The summed E-state index contributed by atoms with van der Waals surface area (Å²) in [6.07, 6.45) is 0. The van der Waals surface area contributed by atoms with Crippen LogP contribution in [-0.4, -0.2) is 8.07 Å². The molecule has 0 amide bonds. The quantitative estimate of drug-likeness (QED) is 0.487. The van der Waals surface area contributed by atoms with E-state index in [1.807, 2.05) is 0 Å². The van der Waals surface area contributed by atoms with Gasteiger partial charge in [-0.25, -0.2) is 0 Å². The van der Waals surface area contributed by atoms with Gasteiger partial charge in [0.2, 0.25) is 0 Å². The molecule has 48 valence electrons. The van der Waals surface area contributed by atoms with Crippen LogP contribution in [0.2, 0.25) is 19.6 Å². The molecule has 2 heteroatoms. The minimum atomic E-state index is -0.890. The molecule has 0 nitrogen and oxygen atoms in total. The molecule has 0 saturated heterocycles. The Labute approximate surface area is 66.5 Å². The maximum atomic E-state index is 2.40. The summed E-state index contributed by atoms with van der Waals surface area (Å²) in [5.74, 6) is 0. The van der Waals surface area contributed by atoms with Gasteiger partial charge in [0.05, 0.1) is 8.07 Å². The average Bonchev–Trinajstić information content (AvgIpc) is 1.21. The van der Waals surface area contributed by atoms with Gasteiger partial charge >= 0.3 is 0 Å². The second-order valence-corrected chi connectivity index (χ2v) is 9.82. The van der Waals surface area contributed by atoms with Crippen molar-refractivity contribution in [3.8, 4) is 0 Å². The molecular formula is C6H13ISi. The van der Waals surface area contributed by atoms with Gasteiger partial charge in [0.15, 0.2) is 0 Å². The summed E-state index contributed by atoms with van der Waals surface area (Å²) in [7, 11) is -0.890. The second kappa shape index (κ2) is 3.01. The second-order valence-electron chi connectivity index (χ2n) is 3.10. The molecule has 0 spiro atoms. The van der Waals surface area contributed by atoms with Crippen LogP contribution in [0.5, 0.6) is 0 Å². The van der Waals surface area contributed by atoms with E-state index in [4.69, 9.17) is 0 Å². The lowest BCUT2D eigenvalue weighted by Crippen LogP contribution is -2.15. The van der Waals surface area contributed by atoms with Gasteiger partial charge in [0.1, 0.15) is 0 Å². The molecule has 0 aliphatic heterocycles. The molecule has 0 saturated carbocycles. The largest absolute Gasteiger partial charge is 0.0862 e. The third kappa shape index (κ3) is 6.69. The lowest BCUT2D eigenvalue weighted by atomic mass is 10.8. The summed E-state index contributed by atoms with van der Waals surface area (Å²) in [6, 6.07) is 0. The molecule has 0 heterocycles. The first-order chi connectivity index (χ1) is 3.42. The number of allylic oxidation sites excluding steroid dienone is 1. The van der Waals surface area contributed by atoms with Crippen molar-refractivity contribution in [2.45, 2.75) is 26.6 Å². The molecule has 0 aliphatic rings. The Morgan fingerprint density at radius 2 is 1.75 bits per heavy atom. The van der Waals surface area contributed by atoms with E-state index in [1.165, 1.54) is 3.58 Å². The molecule has 0 aliphatic carbocycles. The molecular weight excluding hydrogens is 227 g/mol. The zero-order chi connectivity index (χ0) is 6.78. The first kappa shape index (κ1) is 8.69. The van der Waals surface area contributed by atoms with Crippen molar-refractivity contribution in [3.05, 3.63) is 9.28 Å². The molecule has 0 aromatic carbocycles. The number of halogens is 1. The minimum Gasteiger partial charge on any atom is -0.0862 e. The predicted molar refractivity (Wildman–Crippen MR) is 51.1 cm³/mol. The van der Waals surface area contributed by atoms with Gasteiger partial charge < -0.3 is 0 Å². The van der Waals surface area contributed by atoms with Gasteiger partial charge in [-0.2, -0.15) is 0 Å². The maximum absolute atomic E-state index is 2.40. The zero-order valence-corrected chi connectivity index (χ0v) is 9.11. The molecule has 0 rings (SSSR count). The first-order valence-electron chi connectivity index (χ1n) is 2.77. The van der Waals surface area contributed by atoms with E-state index in [0.717, 1.165) is 0 Å². The van der Waals surface area contributed by atoms with Gasteiger partial charge in [0, 0.05) is 0 Å². The van der Waals surface area contributed by atoms with Gasteiger partial charge in [-0.05, 0) is 10.5 Å². The first-order valence-corrected chi connectivity index (χ1v) is 7.42. The molecule has 0 aromatic heterocycles. The molecule has 8 heavy (non-hydrogen) atoms. The molecule has 0 aromatic rings. The van der Waals surface area contributed by atoms with Crippen molar-refractivity contribution < 1.29 is 0 Å². The van der Waals surface area contributed by atoms with E-state index in [0.29, 0.717) is 0 Å². The Kier molecular flexibility index (Phi) is 3.27. The smallest absolute Gasteiger partial charge is 0.0696 e. The van der Waals surface area contributed by atoms with Crippen LogP contribution >= 0.6 is 22.6 Å². The van der Waals surface area contributed by atoms with Crippen molar-refractivity contribution >= 4 is 30.7 Å². The minimum absolute atomic E-state index is 0.890. The molecule has 0 atom stereocenters.